The second-order valence-corrected chi connectivity index (χ2v) is 3.97. The van der Waals surface area contributed by atoms with Gasteiger partial charge in [0.25, 0.3) is 0 Å². The number of hydrogen-bond acceptors (Lipinski definition) is 3. The standard InChI is InChI=1S/C14H15N3O2/c1-10-7-8-11(9-15-10)16-14(18)17-12-5-3-4-6-13(12)19-2/h3-9H,1-2H3,(H2,16,17,18). The van der Waals surface area contributed by atoms with Crippen molar-refractivity contribution in [2.45, 2.75) is 6.92 Å². The summed E-state index contributed by atoms with van der Waals surface area (Å²) in [4.78, 5) is 15.9. The van der Waals surface area contributed by atoms with E-state index in [1.807, 2.05) is 25.1 Å². The summed E-state index contributed by atoms with van der Waals surface area (Å²) in [5.41, 5.74) is 2.15. The minimum absolute atomic E-state index is 0.338. The Balaban J connectivity index is 2.03. The van der Waals surface area contributed by atoms with Crippen LogP contribution >= 0.6 is 0 Å². The van der Waals surface area contributed by atoms with Crippen molar-refractivity contribution in [3.8, 4) is 5.75 Å². The molecule has 0 aliphatic rings. The number of urea groups is 1. The molecule has 0 unspecified atom stereocenters. The van der Waals surface area contributed by atoms with E-state index < -0.39 is 0 Å². The van der Waals surface area contributed by atoms with Crippen molar-refractivity contribution in [3.05, 3.63) is 48.3 Å². The Morgan fingerprint density at radius 3 is 2.63 bits per heavy atom. The number of rotatable bonds is 3. The minimum atomic E-state index is -0.338. The molecule has 0 aliphatic heterocycles. The van der Waals surface area contributed by atoms with E-state index in [0.717, 1.165) is 5.69 Å². The van der Waals surface area contributed by atoms with Gasteiger partial charge in [-0.15, -0.1) is 0 Å². The molecule has 2 aromatic rings. The first-order chi connectivity index (χ1) is 9.19. The van der Waals surface area contributed by atoms with Crippen molar-refractivity contribution in [2.24, 2.45) is 0 Å². The summed E-state index contributed by atoms with van der Waals surface area (Å²) in [6.45, 7) is 1.89. The number of benzene rings is 1. The number of aromatic nitrogens is 1. The van der Waals surface area contributed by atoms with Crippen molar-refractivity contribution >= 4 is 17.4 Å². The number of hydrogen-bond donors (Lipinski definition) is 2. The van der Waals surface area contributed by atoms with Gasteiger partial charge in [-0.2, -0.15) is 0 Å². The van der Waals surface area contributed by atoms with Crippen LogP contribution in [0.25, 0.3) is 0 Å². The quantitative estimate of drug-likeness (QED) is 0.888. The van der Waals surface area contributed by atoms with Crippen molar-refractivity contribution < 1.29 is 9.53 Å². The summed E-state index contributed by atoms with van der Waals surface area (Å²) in [7, 11) is 1.56. The highest BCUT2D eigenvalue weighted by molar-refractivity contribution is 6.00. The molecule has 0 radical (unpaired) electrons. The third-order valence-corrected chi connectivity index (χ3v) is 2.52. The molecule has 2 amide bonds. The van der Waals surface area contributed by atoms with Gasteiger partial charge >= 0.3 is 6.03 Å². The minimum Gasteiger partial charge on any atom is -0.495 e. The molecule has 1 aromatic heterocycles. The second-order valence-electron chi connectivity index (χ2n) is 3.97. The molecule has 0 saturated carbocycles. The van der Waals surface area contributed by atoms with Gasteiger partial charge in [-0.05, 0) is 31.2 Å². The molecular weight excluding hydrogens is 242 g/mol. The van der Waals surface area contributed by atoms with Gasteiger partial charge in [0.2, 0.25) is 0 Å². The molecule has 0 bridgehead atoms. The topological polar surface area (TPSA) is 63.2 Å². The van der Waals surface area contributed by atoms with Crippen LogP contribution in [-0.2, 0) is 0 Å². The number of ether oxygens (including phenoxy) is 1. The van der Waals surface area contributed by atoms with E-state index in [-0.39, 0.29) is 6.03 Å². The fourth-order valence-corrected chi connectivity index (χ4v) is 1.57. The molecule has 98 valence electrons. The van der Waals surface area contributed by atoms with Gasteiger partial charge in [-0.25, -0.2) is 4.79 Å². The van der Waals surface area contributed by atoms with Crippen molar-refractivity contribution in [1.29, 1.82) is 0 Å². The number of amides is 2. The number of anilines is 2. The highest BCUT2D eigenvalue weighted by atomic mass is 16.5. The van der Waals surface area contributed by atoms with Gasteiger partial charge < -0.3 is 15.4 Å². The lowest BCUT2D eigenvalue weighted by Gasteiger charge is -2.10. The van der Waals surface area contributed by atoms with Gasteiger partial charge in [0.05, 0.1) is 24.7 Å². The van der Waals surface area contributed by atoms with Crippen LogP contribution in [0.15, 0.2) is 42.6 Å². The van der Waals surface area contributed by atoms with E-state index in [1.165, 1.54) is 0 Å². The molecule has 2 rings (SSSR count). The highest BCUT2D eigenvalue weighted by Crippen LogP contribution is 2.23. The Hall–Kier alpha value is -2.56. The highest BCUT2D eigenvalue weighted by Gasteiger charge is 2.06. The average Bonchev–Trinajstić information content (AvgIpc) is 2.42. The summed E-state index contributed by atoms with van der Waals surface area (Å²) in [6.07, 6.45) is 1.61. The van der Waals surface area contributed by atoms with Gasteiger partial charge in [0.15, 0.2) is 0 Å². The van der Waals surface area contributed by atoms with Crippen molar-refractivity contribution in [3.63, 3.8) is 0 Å². The lowest BCUT2D eigenvalue weighted by atomic mass is 10.3. The van der Waals surface area contributed by atoms with E-state index in [9.17, 15) is 4.79 Å². The maximum atomic E-state index is 11.8. The summed E-state index contributed by atoms with van der Waals surface area (Å²) >= 11 is 0. The Kier molecular flexibility index (Phi) is 3.97. The molecule has 0 fully saturated rings. The largest absolute Gasteiger partial charge is 0.495 e. The van der Waals surface area contributed by atoms with Gasteiger partial charge in [-0.1, -0.05) is 12.1 Å². The third kappa shape index (κ3) is 3.45. The van der Waals surface area contributed by atoms with E-state index >= 15 is 0 Å². The molecule has 19 heavy (non-hydrogen) atoms. The first kappa shape index (κ1) is 12.9. The lowest BCUT2D eigenvalue weighted by molar-refractivity contribution is 0.262. The van der Waals surface area contributed by atoms with E-state index in [0.29, 0.717) is 17.1 Å². The molecule has 0 aliphatic carbocycles. The molecule has 0 saturated heterocycles. The fraction of sp³-hybridized carbons (Fsp3) is 0.143. The van der Waals surface area contributed by atoms with Crippen LogP contribution in [-0.4, -0.2) is 18.1 Å². The van der Waals surface area contributed by atoms with Crippen LogP contribution in [0, 0.1) is 6.92 Å². The zero-order valence-electron chi connectivity index (χ0n) is 10.8. The summed E-state index contributed by atoms with van der Waals surface area (Å²) in [5.74, 6) is 0.611. The zero-order valence-corrected chi connectivity index (χ0v) is 10.8. The number of nitrogens with one attached hydrogen (secondary N) is 2. The van der Waals surface area contributed by atoms with Crippen LogP contribution in [0.3, 0.4) is 0 Å². The first-order valence-electron chi connectivity index (χ1n) is 5.83. The van der Waals surface area contributed by atoms with Crippen LogP contribution in [0.4, 0.5) is 16.2 Å². The normalized spacial score (nSPS) is 9.79. The molecule has 5 heteroatoms. The number of pyridine rings is 1. The Bertz CT molecular complexity index is 567. The van der Waals surface area contributed by atoms with E-state index in [1.54, 1.807) is 31.5 Å². The van der Waals surface area contributed by atoms with Gasteiger partial charge in [0.1, 0.15) is 5.75 Å². The maximum absolute atomic E-state index is 11.8. The van der Waals surface area contributed by atoms with Gasteiger partial charge in [-0.3, -0.25) is 4.98 Å². The Morgan fingerprint density at radius 2 is 1.95 bits per heavy atom. The summed E-state index contributed by atoms with van der Waals surface area (Å²) in [5, 5.41) is 5.42. The number of nitrogens with zero attached hydrogens (tertiary/aromatic N) is 1. The molecule has 0 spiro atoms. The molecule has 1 heterocycles. The molecule has 2 N–H and O–H groups in total. The predicted molar refractivity (Wildman–Crippen MR) is 74.6 cm³/mol. The van der Waals surface area contributed by atoms with E-state index in [4.69, 9.17) is 4.74 Å². The van der Waals surface area contributed by atoms with Gasteiger partial charge in [0, 0.05) is 5.69 Å². The maximum Gasteiger partial charge on any atom is 0.323 e. The first-order valence-corrected chi connectivity index (χ1v) is 5.83. The Labute approximate surface area is 111 Å². The smallest absolute Gasteiger partial charge is 0.323 e. The molecular formula is C14H15N3O2. The van der Waals surface area contributed by atoms with E-state index in [2.05, 4.69) is 15.6 Å². The zero-order chi connectivity index (χ0) is 13.7. The van der Waals surface area contributed by atoms with Crippen LogP contribution < -0.4 is 15.4 Å². The predicted octanol–water partition coefficient (Wildman–Crippen LogP) is 3.04. The average molecular weight is 257 g/mol. The number of para-hydroxylation sites is 2. The summed E-state index contributed by atoms with van der Waals surface area (Å²) < 4.78 is 5.16. The second kappa shape index (κ2) is 5.86. The number of carbonyl (C=O) groups excluding carboxylic acids is 1. The number of aryl methyl sites for hydroxylation is 1. The summed E-state index contributed by atoms with van der Waals surface area (Å²) in [6, 6.07) is 10.5. The fourth-order valence-electron chi connectivity index (χ4n) is 1.57. The third-order valence-electron chi connectivity index (χ3n) is 2.52. The lowest BCUT2D eigenvalue weighted by Crippen LogP contribution is -2.19. The van der Waals surface area contributed by atoms with Crippen molar-refractivity contribution in [1.82, 2.24) is 4.98 Å². The SMILES string of the molecule is COc1ccccc1NC(=O)Nc1ccc(C)nc1. The van der Waals surface area contributed by atoms with Crippen LogP contribution in [0.1, 0.15) is 5.69 Å². The van der Waals surface area contributed by atoms with Crippen LogP contribution in [0.2, 0.25) is 0 Å². The monoisotopic (exact) mass is 257 g/mol. The van der Waals surface area contributed by atoms with Crippen LogP contribution in [0.5, 0.6) is 5.75 Å². The van der Waals surface area contributed by atoms with Crippen molar-refractivity contribution in [2.75, 3.05) is 17.7 Å². The Morgan fingerprint density at radius 1 is 1.16 bits per heavy atom. The number of carbonyl (C=O) groups is 1. The number of methoxy groups -OCH3 is 1. The molecule has 1 aromatic carbocycles. The molecule has 0 atom stereocenters. The molecule has 5 nitrogen and oxygen atoms in total.